The first kappa shape index (κ1) is 15.3. The predicted molar refractivity (Wildman–Crippen MR) is 77.5 cm³/mol. The predicted octanol–water partition coefficient (Wildman–Crippen LogP) is 3.25. The largest absolute Gasteiger partial charge is 0.478 e. The molecule has 0 amide bonds. The zero-order chi connectivity index (χ0) is 14.7. The number of aromatic carboxylic acids is 1. The maximum Gasteiger partial charge on any atom is 0.336 e. The maximum absolute atomic E-state index is 14.0. The van der Waals surface area contributed by atoms with Crippen LogP contribution in [0.3, 0.4) is 0 Å². The number of benzene rings is 1. The zero-order valence-corrected chi connectivity index (χ0v) is 12.5. The van der Waals surface area contributed by atoms with Crippen molar-refractivity contribution in [2.24, 2.45) is 5.92 Å². The van der Waals surface area contributed by atoms with Crippen LogP contribution >= 0.6 is 15.9 Å². The summed E-state index contributed by atoms with van der Waals surface area (Å²) in [6.07, 6.45) is 3.47. The van der Waals surface area contributed by atoms with Gasteiger partial charge in [-0.15, -0.1) is 0 Å². The molecule has 3 N–H and O–H groups in total. The van der Waals surface area contributed by atoms with E-state index < -0.39 is 11.8 Å². The SMILES string of the molecule is O=C(O)c1ccc(NCC2CCCCC2O)c(F)c1Br. The van der Waals surface area contributed by atoms with Crippen LogP contribution in [0.25, 0.3) is 0 Å². The van der Waals surface area contributed by atoms with Crippen LogP contribution in [0.5, 0.6) is 0 Å². The molecule has 2 rings (SSSR count). The van der Waals surface area contributed by atoms with Gasteiger partial charge in [0.05, 0.1) is 21.8 Å². The van der Waals surface area contributed by atoms with Crippen molar-refractivity contribution in [3.63, 3.8) is 0 Å². The molecule has 0 heterocycles. The smallest absolute Gasteiger partial charge is 0.336 e. The van der Waals surface area contributed by atoms with E-state index in [2.05, 4.69) is 21.2 Å². The van der Waals surface area contributed by atoms with Crippen molar-refractivity contribution in [2.75, 3.05) is 11.9 Å². The second-order valence-corrected chi connectivity index (χ2v) is 5.88. The summed E-state index contributed by atoms with van der Waals surface area (Å²) in [5.41, 5.74) is 0.144. The van der Waals surface area contributed by atoms with E-state index >= 15 is 0 Å². The highest BCUT2D eigenvalue weighted by atomic mass is 79.9. The first-order valence-electron chi connectivity index (χ1n) is 6.64. The highest BCUT2D eigenvalue weighted by Crippen LogP contribution is 2.29. The molecule has 1 aromatic carbocycles. The zero-order valence-electron chi connectivity index (χ0n) is 10.9. The minimum Gasteiger partial charge on any atom is -0.478 e. The van der Waals surface area contributed by atoms with E-state index in [1.54, 1.807) is 0 Å². The van der Waals surface area contributed by atoms with Gasteiger partial charge in [-0.05, 0) is 40.9 Å². The lowest BCUT2D eigenvalue weighted by molar-refractivity contribution is 0.0695. The minimum atomic E-state index is -1.18. The van der Waals surface area contributed by atoms with Gasteiger partial charge in [-0.25, -0.2) is 9.18 Å². The van der Waals surface area contributed by atoms with Gasteiger partial charge < -0.3 is 15.5 Å². The monoisotopic (exact) mass is 345 g/mol. The van der Waals surface area contributed by atoms with Gasteiger partial charge in [0.2, 0.25) is 0 Å². The molecule has 0 saturated heterocycles. The molecule has 4 nitrogen and oxygen atoms in total. The molecule has 0 aliphatic heterocycles. The number of aliphatic hydroxyl groups is 1. The van der Waals surface area contributed by atoms with Gasteiger partial charge in [-0.2, -0.15) is 0 Å². The summed E-state index contributed by atoms with van der Waals surface area (Å²) in [5, 5.41) is 21.7. The number of nitrogens with one attached hydrogen (secondary N) is 1. The van der Waals surface area contributed by atoms with E-state index in [0.29, 0.717) is 6.54 Å². The quantitative estimate of drug-likeness (QED) is 0.783. The molecule has 1 aliphatic carbocycles. The average molecular weight is 346 g/mol. The number of aliphatic hydroxyl groups excluding tert-OH is 1. The first-order valence-corrected chi connectivity index (χ1v) is 7.43. The summed E-state index contributed by atoms with van der Waals surface area (Å²) in [7, 11) is 0. The van der Waals surface area contributed by atoms with Gasteiger partial charge >= 0.3 is 5.97 Å². The number of hydrogen-bond donors (Lipinski definition) is 3. The van der Waals surface area contributed by atoms with E-state index in [4.69, 9.17) is 5.11 Å². The van der Waals surface area contributed by atoms with Crippen LogP contribution in [0, 0.1) is 11.7 Å². The van der Waals surface area contributed by atoms with Crippen LogP contribution < -0.4 is 5.32 Å². The Labute approximate surface area is 125 Å². The number of carboxylic acid groups (broad SMARTS) is 1. The number of halogens is 2. The molecule has 0 radical (unpaired) electrons. The summed E-state index contributed by atoms with van der Waals surface area (Å²) in [4.78, 5) is 10.9. The number of rotatable bonds is 4. The van der Waals surface area contributed by atoms with Crippen molar-refractivity contribution in [2.45, 2.75) is 31.8 Å². The number of anilines is 1. The molecule has 110 valence electrons. The van der Waals surface area contributed by atoms with Crippen LogP contribution in [-0.2, 0) is 0 Å². The Hall–Kier alpha value is -1.14. The van der Waals surface area contributed by atoms with E-state index in [0.717, 1.165) is 25.7 Å². The van der Waals surface area contributed by atoms with Crippen molar-refractivity contribution < 1.29 is 19.4 Å². The molecule has 2 atom stereocenters. The Morgan fingerprint density at radius 3 is 2.75 bits per heavy atom. The summed E-state index contributed by atoms with van der Waals surface area (Å²) < 4.78 is 14.0. The van der Waals surface area contributed by atoms with E-state index in [1.807, 2.05) is 0 Å². The lowest BCUT2D eigenvalue weighted by Crippen LogP contribution is -2.30. The number of hydrogen-bond acceptors (Lipinski definition) is 3. The molecule has 2 unspecified atom stereocenters. The van der Waals surface area contributed by atoms with Gasteiger partial charge in [0, 0.05) is 12.5 Å². The second kappa shape index (κ2) is 6.54. The third kappa shape index (κ3) is 3.30. The Bertz CT molecular complexity index is 509. The molecule has 20 heavy (non-hydrogen) atoms. The summed E-state index contributed by atoms with van der Waals surface area (Å²) in [5.74, 6) is -1.68. The van der Waals surface area contributed by atoms with Gasteiger partial charge in [-0.3, -0.25) is 0 Å². The van der Waals surface area contributed by atoms with Crippen LogP contribution in [0.2, 0.25) is 0 Å². The fraction of sp³-hybridized carbons (Fsp3) is 0.500. The van der Waals surface area contributed by atoms with Crippen LogP contribution in [-0.4, -0.2) is 28.8 Å². The Morgan fingerprint density at radius 2 is 2.10 bits per heavy atom. The van der Waals surface area contributed by atoms with Gasteiger partial charge in [0.25, 0.3) is 0 Å². The van der Waals surface area contributed by atoms with Gasteiger partial charge in [0.1, 0.15) is 0 Å². The Morgan fingerprint density at radius 1 is 1.40 bits per heavy atom. The molecule has 0 aromatic heterocycles. The van der Waals surface area contributed by atoms with Crippen molar-refractivity contribution in [1.82, 2.24) is 0 Å². The third-order valence-electron chi connectivity index (χ3n) is 3.74. The molecule has 0 bridgehead atoms. The van der Waals surface area contributed by atoms with Crippen molar-refractivity contribution in [3.05, 3.63) is 28.0 Å². The molecule has 6 heteroatoms. The first-order chi connectivity index (χ1) is 9.50. The van der Waals surface area contributed by atoms with Crippen LogP contribution in [0.1, 0.15) is 36.0 Å². The molecular formula is C14H17BrFNO3. The summed E-state index contributed by atoms with van der Waals surface area (Å²) in [6.45, 7) is 0.483. The molecule has 0 spiro atoms. The van der Waals surface area contributed by atoms with Crippen molar-refractivity contribution >= 4 is 27.6 Å². The van der Waals surface area contributed by atoms with Crippen molar-refractivity contribution in [3.8, 4) is 0 Å². The van der Waals surface area contributed by atoms with Gasteiger partial charge in [-0.1, -0.05) is 12.8 Å². The minimum absolute atomic E-state index is 0.0563. The molecular weight excluding hydrogens is 329 g/mol. The highest BCUT2D eigenvalue weighted by Gasteiger charge is 2.23. The fourth-order valence-corrected chi connectivity index (χ4v) is 3.03. The number of carbonyl (C=O) groups is 1. The third-order valence-corrected chi connectivity index (χ3v) is 4.51. The van der Waals surface area contributed by atoms with E-state index in [1.165, 1.54) is 12.1 Å². The second-order valence-electron chi connectivity index (χ2n) is 5.09. The Kier molecular flexibility index (Phi) is 4.99. The number of carboxylic acids is 1. The molecule has 1 aliphatic rings. The van der Waals surface area contributed by atoms with Crippen LogP contribution in [0.15, 0.2) is 16.6 Å². The van der Waals surface area contributed by atoms with E-state index in [-0.39, 0.29) is 27.7 Å². The van der Waals surface area contributed by atoms with Crippen LogP contribution in [0.4, 0.5) is 10.1 Å². The summed E-state index contributed by atoms with van der Waals surface area (Å²) in [6, 6.07) is 2.77. The molecule has 1 saturated carbocycles. The van der Waals surface area contributed by atoms with Crippen molar-refractivity contribution in [1.29, 1.82) is 0 Å². The Balaban J connectivity index is 2.06. The topological polar surface area (TPSA) is 69.6 Å². The standard InChI is InChI=1S/C14H17BrFNO3/c15-12-9(14(19)20)5-6-10(13(12)16)17-7-8-3-1-2-4-11(8)18/h5-6,8,11,17-18H,1-4,7H2,(H,19,20). The average Bonchev–Trinajstić information content (AvgIpc) is 2.41. The lowest BCUT2D eigenvalue weighted by atomic mass is 9.86. The van der Waals surface area contributed by atoms with E-state index in [9.17, 15) is 14.3 Å². The van der Waals surface area contributed by atoms with Gasteiger partial charge in [0.15, 0.2) is 5.82 Å². The highest BCUT2D eigenvalue weighted by molar-refractivity contribution is 9.10. The normalized spacial score (nSPS) is 22.6. The maximum atomic E-state index is 14.0. The lowest BCUT2D eigenvalue weighted by Gasteiger charge is -2.28. The fourth-order valence-electron chi connectivity index (χ4n) is 2.52. The molecule has 1 aromatic rings. The molecule has 1 fully saturated rings. The summed E-state index contributed by atoms with van der Waals surface area (Å²) >= 11 is 2.96.